The predicted molar refractivity (Wildman–Crippen MR) is 120 cm³/mol. The molecule has 0 radical (unpaired) electrons. The fraction of sp³-hybridized carbons (Fsp3) is 0.304. The number of hydrogen-bond acceptors (Lipinski definition) is 5. The third kappa shape index (κ3) is 7.58. The first kappa shape index (κ1) is 23.6. The van der Waals surface area contributed by atoms with Crippen molar-refractivity contribution in [1.29, 1.82) is 0 Å². The Balaban J connectivity index is 1.93. The van der Waals surface area contributed by atoms with E-state index in [1.807, 2.05) is 38.1 Å². The van der Waals surface area contributed by atoms with E-state index in [4.69, 9.17) is 4.74 Å². The zero-order chi connectivity index (χ0) is 22.6. The molecular weight excluding hydrogens is 396 g/mol. The molecular formula is C23H28N4O4. The number of amides is 3. The maximum absolute atomic E-state index is 12.3. The Kier molecular flexibility index (Phi) is 9.22. The summed E-state index contributed by atoms with van der Waals surface area (Å²) in [5.41, 5.74) is 4.52. The van der Waals surface area contributed by atoms with Gasteiger partial charge in [-0.3, -0.25) is 14.4 Å². The molecule has 0 aliphatic carbocycles. The lowest BCUT2D eigenvalue weighted by atomic mass is 10.1. The summed E-state index contributed by atoms with van der Waals surface area (Å²) in [6, 6.07) is 14.4. The van der Waals surface area contributed by atoms with Crippen LogP contribution in [0.2, 0.25) is 0 Å². The summed E-state index contributed by atoms with van der Waals surface area (Å²) < 4.78 is 5.62. The molecule has 8 heteroatoms. The highest BCUT2D eigenvalue weighted by atomic mass is 16.5. The van der Waals surface area contributed by atoms with E-state index in [0.717, 1.165) is 17.7 Å². The highest BCUT2D eigenvalue weighted by Gasteiger charge is 2.14. The van der Waals surface area contributed by atoms with Gasteiger partial charge in [0.1, 0.15) is 5.75 Å². The van der Waals surface area contributed by atoms with Crippen LogP contribution in [-0.2, 0) is 20.8 Å². The zero-order valence-corrected chi connectivity index (χ0v) is 18.0. The summed E-state index contributed by atoms with van der Waals surface area (Å²) in [7, 11) is 0. The van der Waals surface area contributed by atoms with Crippen LogP contribution in [0.15, 0.2) is 53.6 Å². The van der Waals surface area contributed by atoms with E-state index in [-0.39, 0.29) is 18.6 Å². The smallest absolute Gasteiger partial charge is 0.329 e. The van der Waals surface area contributed by atoms with Crippen LogP contribution in [0.25, 0.3) is 0 Å². The molecule has 0 fully saturated rings. The Morgan fingerprint density at radius 2 is 1.74 bits per heavy atom. The van der Waals surface area contributed by atoms with Crippen molar-refractivity contribution in [3.8, 4) is 5.75 Å². The molecule has 3 N–H and O–H groups in total. The van der Waals surface area contributed by atoms with Crippen LogP contribution in [0.4, 0.5) is 5.69 Å². The van der Waals surface area contributed by atoms with E-state index in [1.54, 1.807) is 31.2 Å². The molecule has 2 rings (SSSR count). The number of rotatable bonds is 9. The first-order valence-corrected chi connectivity index (χ1v) is 10.2. The van der Waals surface area contributed by atoms with Gasteiger partial charge in [0.25, 0.3) is 5.91 Å². The number of hydrazone groups is 1. The third-order valence-electron chi connectivity index (χ3n) is 4.52. The minimum absolute atomic E-state index is 0.105. The average Bonchev–Trinajstić information content (AvgIpc) is 2.78. The monoisotopic (exact) mass is 424 g/mol. The molecule has 0 heterocycles. The van der Waals surface area contributed by atoms with Gasteiger partial charge in [-0.05, 0) is 43.5 Å². The third-order valence-corrected chi connectivity index (χ3v) is 4.52. The lowest BCUT2D eigenvalue weighted by Crippen LogP contribution is -2.41. The number of nitrogens with one attached hydrogen (secondary N) is 3. The van der Waals surface area contributed by atoms with Crippen molar-refractivity contribution >= 4 is 29.6 Å². The summed E-state index contributed by atoms with van der Waals surface area (Å²) in [6.07, 6.45) is 2.87. The number of ether oxygens (including phenoxy) is 1. The summed E-state index contributed by atoms with van der Waals surface area (Å²) in [5.74, 6) is -1.48. The Labute approximate surface area is 182 Å². The summed E-state index contributed by atoms with van der Waals surface area (Å²) in [4.78, 5) is 35.8. The van der Waals surface area contributed by atoms with Gasteiger partial charge in [0.05, 0.1) is 6.21 Å². The van der Waals surface area contributed by atoms with Gasteiger partial charge in [-0.15, -0.1) is 0 Å². The van der Waals surface area contributed by atoms with E-state index < -0.39 is 11.8 Å². The molecule has 8 nitrogen and oxygen atoms in total. The van der Waals surface area contributed by atoms with Crippen molar-refractivity contribution in [1.82, 2.24) is 10.7 Å². The van der Waals surface area contributed by atoms with E-state index in [0.29, 0.717) is 17.7 Å². The summed E-state index contributed by atoms with van der Waals surface area (Å²) in [5, 5.41) is 9.21. The van der Waals surface area contributed by atoms with Gasteiger partial charge in [0, 0.05) is 17.3 Å². The van der Waals surface area contributed by atoms with Crippen molar-refractivity contribution in [2.24, 2.45) is 5.10 Å². The fourth-order valence-electron chi connectivity index (χ4n) is 2.60. The number of aryl methyl sites for hydroxylation is 1. The van der Waals surface area contributed by atoms with Gasteiger partial charge in [0.2, 0.25) is 0 Å². The molecule has 0 aliphatic rings. The Morgan fingerprint density at radius 1 is 1.03 bits per heavy atom. The predicted octanol–water partition coefficient (Wildman–Crippen LogP) is 2.63. The van der Waals surface area contributed by atoms with Crippen molar-refractivity contribution < 1.29 is 19.1 Å². The molecule has 0 bridgehead atoms. The van der Waals surface area contributed by atoms with Crippen LogP contribution in [-0.4, -0.2) is 36.6 Å². The molecule has 2 aromatic carbocycles. The van der Waals surface area contributed by atoms with Crippen LogP contribution >= 0.6 is 0 Å². The first-order chi connectivity index (χ1) is 14.9. The maximum atomic E-state index is 12.3. The van der Waals surface area contributed by atoms with E-state index in [1.165, 1.54) is 6.21 Å². The number of nitrogens with zero attached hydrogens (tertiary/aromatic N) is 1. The van der Waals surface area contributed by atoms with E-state index >= 15 is 0 Å². The number of benzene rings is 2. The molecule has 0 spiro atoms. The average molecular weight is 425 g/mol. The van der Waals surface area contributed by atoms with Crippen LogP contribution in [0.3, 0.4) is 0 Å². The molecule has 31 heavy (non-hydrogen) atoms. The number of para-hydroxylation sites is 2. The second-order valence-electron chi connectivity index (χ2n) is 6.87. The fourth-order valence-corrected chi connectivity index (χ4v) is 2.60. The second kappa shape index (κ2) is 12.1. The van der Waals surface area contributed by atoms with Gasteiger partial charge in [-0.25, -0.2) is 5.43 Å². The molecule has 0 saturated carbocycles. The SMILES string of the molecule is CCc1ccccc1NC(=O)COc1ccccc1/C=N\NC(=O)C(=O)N[C@H](C)CC. The lowest BCUT2D eigenvalue weighted by molar-refractivity contribution is -0.139. The number of hydrogen-bond donors (Lipinski definition) is 3. The Hall–Kier alpha value is -3.68. The normalized spacial score (nSPS) is 11.6. The standard InChI is InChI=1S/C23H28N4O4/c1-4-16(3)25-22(29)23(30)27-24-14-18-11-7-9-13-20(18)31-15-21(28)26-19-12-8-6-10-17(19)5-2/h6-14,16H,4-5,15H2,1-3H3,(H,25,29)(H,26,28)(H,27,30)/b24-14-/t16-/m1/s1. The van der Waals surface area contributed by atoms with Crippen LogP contribution in [0.5, 0.6) is 5.75 Å². The van der Waals surface area contributed by atoms with Crippen molar-refractivity contribution in [3.05, 3.63) is 59.7 Å². The highest BCUT2D eigenvalue weighted by Crippen LogP contribution is 2.17. The molecule has 0 unspecified atom stereocenters. The van der Waals surface area contributed by atoms with Crippen molar-refractivity contribution in [2.75, 3.05) is 11.9 Å². The lowest BCUT2D eigenvalue weighted by Gasteiger charge is -2.12. The van der Waals surface area contributed by atoms with Gasteiger partial charge < -0.3 is 15.4 Å². The molecule has 164 valence electrons. The van der Waals surface area contributed by atoms with Gasteiger partial charge in [-0.1, -0.05) is 44.2 Å². The quantitative estimate of drug-likeness (QED) is 0.327. The number of carbonyl (C=O) groups excluding carboxylic acids is 3. The molecule has 3 amide bonds. The molecule has 1 atom stereocenters. The Morgan fingerprint density at radius 3 is 2.48 bits per heavy atom. The van der Waals surface area contributed by atoms with Crippen molar-refractivity contribution in [3.63, 3.8) is 0 Å². The van der Waals surface area contributed by atoms with Crippen molar-refractivity contribution in [2.45, 2.75) is 39.7 Å². The van der Waals surface area contributed by atoms with E-state index in [9.17, 15) is 14.4 Å². The van der Waals surface area contributed by atoms with Gasteiger partial charge >= 0.3 is 11.8 Å². The molecule has 0 saturated heterocycles. The van der Waals surface area contributed by atoms with Gasteiger partial charge in [-0.2, -0.15) is 5.10 Å². The Bertz CT molecular complexity index is 943. The molecule has 2 aromatic rings. The minimum atomic E-state index is -0.857. The topological polar surface area (TPSA) is 109 Å². The minimum Gasteiger partial charge on any atom is -0.483 e. The van der Waals surface area contributed by atoms with Crippen LogP contribution in [0, 0.1) is 0 Å². The van der Waals surface area contributed by atoms with Crippen LogP contribution in [0.1, 0.15) is 38.3 Å². The van der Waals surface area contributed by atoms with E-state index in [2.05, 4.69) is 21.2 Å². The summed E-state index contributed by atoms with van der Waals surface area (Å²) in [6.45, 7) is 5.54. The second-order valence-corrected chi connectivity index (χ2v) is 6.87. The van der Waals surface area contributed by atoms with Gasteiger partial charge in [0.15, 0.2) is 6.61 Å². The maximum Gasteiger partial charge on any atom is 0.329 e. The van der Waals surface area contributed by atoms with Crippen LogP contribution < -0.4 is 20.8 Å². The number of carbonyl (C=O) groups is 3. The zero-order valence-electron chi connectivity index (χ0n) is 18.0. The summed E-state index contributed by atoms with van der Waals surface area (Å²) >= 11 is 0. The largest absolute Gasteiger partial charge is 0.483 e. The molecule has 0 aromatic heterocycles. The first-order valence-electron chi connectivity index (χ1n) is 10.2. The molecule has 0 aliphatic heterocycles. The number of anilines is 1. The highest BCUT2D eigenvalue weighted by molar-refractivity contribution is 6.35.